The molecule has 0 radical (unpaired) electrons. The third-order valence-corrected chi connectivity index (χ3v) is 4.62. The summed E-state index contributed by atoms with van der Waals surface area (Å²) < 4.78 is 30.9. The Hall–Kier alpha value is -2.90. The van der Waals surface area contributed by atoms with E-state index in [0.717, 1.165) is 18.5 Å². The van der Waals surface area contributed by atoms with Gasteiger partial charge in [-0.1, -0.05) is 18.2 Å². The maximum Gasteiger partial charge on any atom is 0.294 e. The minimum absolute atomic E-state index is 0.172. The van der Waals surface area contributed by atoms with Crippen LogP contribution in [0, 0.1) is 0 Å². The van der Waals surface area contributed by atoms with E-state index in [1.165, 1.54) is 29.8 Å². The number of hydrogen-bond acceptors (Lipinski definition) is 5. The Balaban J connectivity index is 1.61. The molecule has 0 aliphatic carbocycles. The molecule has 0 bridgehead atoms. The second-order valence-electron chi connectivity index (χ2n) is 5.66. The van der Waals surface area contributed by atoms with E-state index in [9.17, 15) is 8.42 Å². The van der Waals surface area contributed by atoms with E-state index < -0.39 is 10.1 Å². The summed E-state index contributed by atoms with van der Waals surface area (Å²) in [4.78, 5) is 4.14. The van der Waals surface area contributed by atoms with Gasteiger partial charge in [-0.15, -0.1) is 0 Å². The molecule has 1 N–H and O–H groups in total. The number of rotatable bonds is 6. The molecule has 6 nitrogen and oxygen atoms in total. The van der Waals surface area contributed by atoms with Crippen LogP contribution in [0.25, 0.3) is 0 Å². The molecule has 132 valence electrons. The predicted octanol–water partition coefficient (Wildman–Crippen LogP) is 4.53. The van der Waals surface area contributed by atoms with Gasteiger partial charge >= 0.3 is 0 Å². The van der Waals surface area contributed by atoms with Gasteiger partial charge in [0.25, 0.3) is 10.1 Å². The van der Waals surface area contributed by atoms with Crippen LogP contribution in [0.2, 0.25) is 0 Å². The van der Waals surface area contributed by atoms with Crippen molar-refractivity contribution >= 4 is 21.5 Å². The zero-order valence-corrected chi connectivity index (χ0v) is 14.7. The summed E-state index contributed by atoms with van der Waals surface area (Å²) in [6, 6.07) is 19.2. The van der Waals surface area contributed by atoms with Crippen LogP contribution in [0.5, 0.6) is 0 Å². The van der Waals surface area contributed by atoms with E-state index in [-0.39, 0.29) is 4.90 Å². The Morgan fingerprint density at radius 3 is 1.96 bits per heavy atom. The van der Waals surface area contributed by atoms with Gasteiger partial charge in [-0.2, -0.15) is 18.6 Å². The zero-order valence-electron chi connectivity index (χ0n) is 13.9. The molecule has 0 aliphatic rings. The fourth-order valence-corrected chi connectivity index (χ4v) is 2.83. The molecule has 7 heteroatoms. The molecule has 0 spiro atoms. The van der Waals surface area contributed by atoms with Crippen LogP contribution >= 0.6 is 0 Å². The van der Waals surface area contributed by atoms with Gasteiger partial charge < -0.3 is 0 Å². The number of nitrogens with zero attached hydrogens (tertiary/aromatic N) is 3. The largest absolute Gasteiger partial charge is 0.294 e. The van der Waals surface area contributed by atoms with Crippen LogP contribution < -0.4 is 0 Å². The third-order valence-electron chi connectivity index (χ3n) is 3.75. The van der Waals surface area contributed by atoms with Gasteiger partial charge in [0.1, 0.15) is 0 Å². The van der Waals surface area contributed by atoms with Crippen molar-refractivity contribution in [3.05, 3.63) is 84.2 Å². The molecule has 0 amide bonds. The number of benzene rings is 2. The Morgan fingerprint density at radius 1 is 0.808 bits per heavy atom. The highest BCUT2D eigenvalue weighted by Gasteiger charge is 2.08. The molecule has 3 rings (SSSR count). The van der Waals surface area contributed by atoms with Gasteiger partial charge in [0.15, 0.2) is 0 Å². The van der Waals surface area contributed by atoms with Crippen LogP contribution in [0.4, 0.5) is 11.4 Å². The van der Waals surface area contributed by atoms with Crippen molar-refractivity contribution in [3.8, 4) is 0 Å². The average molecular weight is 367 g/mol. The molecule has 2 aromatic carbocycles. The molecule has 3 aromatic rings. The van der Waals surface area contributed by atoms with E-state index in [0.29, 0.717) is 11.4 Å². The number of aromatic nitrogens is 1. The number of hydrogen-bond donors (Lipinski definition) is 1. The first-order chi connectivity index (χ1) is 12.5. The maximum absolute atomic E-state index is 11.0. The second kappa shape index (κ2) is 7.99. The fourth-order valence-electron chi connectivity index (χ4n) is 2.35. The Kier molecular flexibility index (Phi) is 5.50. The minimum Gasteiger partial charge on any atom is -0.282 e. The van der Waals surface area contributed by atoms with Crippen molar-refractivity contribution < 1.29 is 13.0 Å². The zero-order chi connectivity index (χ0) is 18.4. The van der Waals surface area contributed by atoms with Crippen LogP contribution in [-0.2, 0) is 23.0 Å². The molecule has 0 fully saturated rings. The SMILES string of the molecule is O=S(=O)(O)c1ccc(N=Nc2ccc(CCc3ccccn3)cc2)cc1. The van der Waals surface area contributed by atoms with Gasteiger partial charge in [-0.05, 0) is 66.9 Å². The molecule has 26 heavy (non-hydrogen) atoms. The van der Waals surface area contributed by atoms with Crippen molar-refractivity contribution in [2.75, 3.05) is 0 Å². The third kappa shape index (κ3) is 5.05. The first kappa shape index (κ1) is 17.9. The maximum atomic E-state index is 11.0. The van der Waals surface area contributed by atoms with Crippen molar-refractivity contribution in [1.29, 1.82) is 0 Å². The highest BCUT2D eigenvalue weighted by molar-refractivity contribution is 7.85. The van der Waals surface area contributed by atoms with Gasteiger partial charge in [0, 0.05) is 11.9 Å². The first-order valence-electron chi connectivity index (χ1n) is 7.99. The summed E-state index contributed by atoms with van der Waals surface area (Å²) >= 11 is 0. The standard InChI is InChI=1S/C19H17N3O3S/c23-26(24,25)19-12-10-18(11-13-19)22-21-17-8-5-15(6-9-17)4-7-16-3-1-2-14-20-16/h1-3,5-6,8-14H,4,7H2,(H,23,24,25). The Labute approximate surface area is 152 Å². The molecule has 0 aliphatic heterocycles. The summed E-state index contributed by atoms with van der Waals surface area (Å²) in [5.41, 5.74) is 3.44. The lowest BCUT2D eigenvalue weighted by molar-refractivity contribution is 0.483. The lowest BCUT2D eigenvalue weighted by Crippen LogP contribution is -1.96. The van der Waals surface area contributed by atoms with Crippen molar-refractivity contribution in [2.45, 2.75) is 17.7 Å². The fraction of sp³-hybridized carbons (Fsp3) is 0.105. The van der Waals surface area contributed by atoms with E-state index in [4.69, 9.17) is 4.55 Å². The molecular formula is C19H17N3O3S. The summed E-state index contributed by atoms with van der Waals surface area (Å²) in [5, 5.41) is 8.19. The van der Waals surface area contributed by atoms with Gasteiger partial charge in [-0.3, -0.25) is 9.54 Å². The van der Waals surface area contributed by atoms with Crippen LogP contribution in [0.15, 0.2) is 88.1 Å². The normalized spacial score (nSPS) is 11.7. The number of pyridine rings is 1. The van der Waals surface area contributed by atoms with E-state index in [1.807, 2.05) is 42.5 Å². The molecule has 0 saturated heterocycles. The van der Waals surface area contributed by atoms with Crippen molar-refractivity contribution in [2.24, 2.45) is 10.2 Å². The van der Waals surface area contributed by atoms with Crippen molar-refractivity contribution in [3.63, 3.8) is 0 Å². The summed E-state index contributed by atoms with van der Waals surface area (Å²) in [5.74, 6) is 0. The van der Waals surface area contributed by atoms with E-state index in [1.54, 1.807) is 6.20 Å². The van der Waals surface area contributed by atoms with Crippen LogP contribution in [-0.4, -0.2) is 18.0 Å². The average Bonchev–Trinajstić information content (AvgIpc) is 2.66. The Bertz CT molecular complexity index is 984. The number of aryl methyl sites for hydroxylation is 2. The minimum atomic E-state index is -4.19. The quantitative estimate of drug-likeness (QED) is 0.512. The van der Waals surface area contributed by atoms with E-state index >= 15 is 0 Å². The van der Waals surface area contributed by atoms with Crippen LogP contribution in [0.3, 0.4) is 0 Å². The highest BCUT2D eigenvalue weighted by Crippen LogP contribution is 2.21. The van der Waals surface area contributed by atoms with Gasteiger partial charge in [0.2, 0.25) is 0 Å². The molecule has 0 unspecified atom stereocenters. The number of azo groups is 1. The predicted molar refractivity (Wildman–Crippen MR) is 98.5 cm³/mol. The van der Waals surface area contributed by atoms with Gasteiger partial charge in [0.05, 0.1) is 16.3 Å². The summed E-state index contributed by atoms with van der Waals surface area (Å²) in [6.07, 6.45) is 3.56. The lowest BCUT2D eigenvalue weighted by atomic mass is 10.1. The van der Waals surface area contributed by atoms with Gasteiger partial charge in [-0.25, -0.2) is 0 Å². The topological polar surface area (TPSA) is 92.0 Å². The first-order valence-corrected chi connectivity index (χ1v) is 9.43. The molecule has 0 atom stereocenters. The van der Waals surface area contributed by atoms with E-state index in [2.05, 4.69) is 15.2 Å². The van der Waals surface area contributed by atoms with Crippen LogP contribution in [0.1, 0.15) is 11.3 Å². The molecule has 1 aromatic heterocycles. The smallest absolute Gasteiger partial charge is 0.282 e. The summed E-state index contributed by atoms with van der Waals surface area (Å²) in [7, 11) is -4.19. The monoisotopic (exact) mass is 367 g/mol. The molecular weight excluding hydrogens is 350 g/mol. The molecule has 1 heterocycles. The van der Waals surface area contributed by atoms with Crippen molar-refractivity contribution in [1.82, 2.24) is 4.98 Å². The second-order valence-corrected chi connectivity index (χ2v) is 7.08. The molecule has 0 saturated carbocycles. The lowest BCUT2D eigenvalue weighted by Gasteiger charge is -2.02. The summed E-state index contributed by atoms with van der Waals surface area (Å²) in [6.45, 7) is 0. The Morgan fingerprint density at radius 2 is 1.42 bits per heavy atom. The highest BCUT2D eigenvalue weighted by atomic mass is 32.2.